The smallest absolute Gasteiger partial charge is 0.0804 e. The fraction of sp³-hybridized carbons (Fsp3) is 1.00. The van der Waals surface area contributed by atoms with E-state index in [9.17, 15) is 0 Å². The van der Waals surface area contributed by atoms with Gasteiger partial charge < -0.3 is 10.5 Å². The van der Waals surface area contributed by atoms with E-state index in [4.69, 9.17) is 10.5 Å². The van der Waals surface area contributed by atoms with Gasteiger partial charge >= 0.3 is 0 Å². The van der Waals surface area contributed by atoms with Gasteiger partial charge in [-0.3, -0.25) is 0 Å². The van der Waals surface area contributed by atoms with Gasteiger partial charge in [-0.2, -0.15) is 0 Å². The van der Waals surface area contributed by atoms with Crippen LogP contribution in [-0.4, -0.2) is 18.2 Å². The van der Waals surface area contributed by atoms with Gasteiger partial charge in [-0.1, -0.05) is 26.7 Å². The molecule has 1 rings (SSSR count). The van der Waals surface area contributed by atoms with Crippen molar-refractivity contribution in [2.45, 2.75) is 71.4 Å². The summed E-state index contributed by atoms with van der Waals surface area (Å²) >= 11 is 0. The van der Waals surface area contributed by atoms with Gasteiger partial charge in [0.15, 0.2) is 0 Å². The summed E-state index contributed by atoms with van der Waals surface area (Å²) in [5.74, 6) is 1.55. The molecule has 2 N–H and O–H groups in total. The van der Waals surface area contributed by atoms with Gasteiger partial charge in [0.1, 0.15) is 0 Å². The monoisotopic (exact) mass is 227 g/mol. The molecule has 96 valence electrons. The molecule has 0 saturated heterocycles. The Bertz CT molecular complexity index is 199. The van der Waals surface area contributed by atoms with Gasteiger partial charge in [-0.05, 0) is 44.9 Å². The molecule has 1 fully saturated rings. The number of hydrogen-bond acceptors (Lipinski definition) is 2. The van der Waals surface area contributed by atoms with Gasteiger partial charge in [-0.15, -0.1) is 0 Å². The van der Waals surface area contributed by atoms with Gasteiger partial charge in [-0.25, -0.2) is 0 Å². The summed E-state index contributed by atoms with van der Waals surface area (Å²) in [4.78, 5) is 0. The third-order valence-corrected chi connectivity index (χ3v) is 4.45. The van der Waals surface area contributed by atoms with E-state index in [1.54, 1.807) is 0 Å². The van der Waals surface area contributed by atoms with E-state index >= 15 is 0 Å². The molecule has 1 aliphatic carbocycles. The van der Waals surface area contributed by atoms with Crippen molar-refractivity contribution in [1.29, 1.82) is 0 Å². The van der Waals surface area contributed by atoms with Crippen molar-refractivity contribution in [1.82, 2.24) is 0 Å². The summed E-state index contributed by atoms with van der Waals surface area (Å²) in [5, 5.41) is 0. The van der Waals surface area contributed by atoms with E-state index in [1.807, 2.05) is 0 Å². The second kappa shape index (κ2) is 6.02. The minimum Gasteiger partial charge on any atom is -0.374 e. The molecule has 0 aromatic heterocycles. The Morgan fingerprint density at radius 2 is 1.81 bits per heavy atom. The highest BCUT2D eigenvalue weighted by molar-refractivity contribution is 4.92. The molecule has 0 amide bonds. The first-order valence-corrected chi connectivity index (χ1v) is 6.93. The van der Waals surface area contributed by atoms with Crippen LogP contribution >= 0.6 is 0 Å². The maximum absolute atomic E-state index is 6.44. The minimum absolute atomic E-state index is 0.125. The molecule has 1 saturated carbocycles. The first-order chi connectivity index (χ1) is 7.53. The Labute approximate surface area is 101 Å². The third kappa shape index (κ3) is 3.21. The highest BCUT2D eigenvalue weighted by Gasteiger charge is 2.37. The van der Waals surface area contributed by atoms with Crippen LogP contribution in [0.15, 0.2) is 0 Å². The average Bonchev–Trinajstić information content (AvgIpc) is 2.29. The molecule has 0 bridgehead atoms. The minimum atomic E-state index is -0.125. The lowest BCUT2D eigenvalue weighted by atomic mass is 9.74. The zero-order valence-electron chi connectivity index (χ0n) is 11.5. The molecule has 16 heavy (non-hydrogen) atoms. The Kier molecular flexibility index (Phi) is 5.26. The molecule has 0 spiro atoms. The Balaban J connectivity index is 2.57. The van der Waals surface area contributed by atoms with Crippen molar-refractivity contribution < 1.29 is 4.74 Å². The Morgan fingerprint density at radius 3 is 2.25 bits per heavy atom. The van der Waals surface area contributed by atoms with Gasteiger partial charge in [0.2, 0.25) is 0 Å². The largest absolute Gasteiger partial charge is 0.374 e. The van der Waals surface area contributed by atoms with Crippen LogP contribution in [0, 0.1) is 11.8 Å². The second-order valence-corrected chi connectivity index (χ2v) is 5.64. The van der Waals surface area contributed by atoms with Crippen LogP contribution in [0.5, 0.6) is 0 Å². The lowest BCUT2D eigenvalue weighted by Crippen LogP contribution is -2.52. The zero-order valence-corrected chi connectivity index (χ0v) is 11.5. The molecule has 2 heteroatoms. The summed E-state index contributed by atoms with van der Waals surface area (Å²) in [5.41, 5.74) is 6.32. The summed E-state index contributed by atoms with van der Waals surface area (Å²) < 4.78 is 5.90. The Hall–Kier alpha value is -0.0800. The maximum atomic E-state index is 6.44. The fourth-order valence-corrected chi connectivity index (χ4v) is 2.91. The molecule has 2 atom stereocenters. The first kappa shape index (κ1) is 14.0. The highest BCUT2D eigenvalue weighted by atomic mass is 16.5. The van der Waals surface area contributed by atoms with Crippen LogP contribution in [0.3, 0.4) is 0 Å². The fourth-order valence-electron chi connectivity index (χ4n) is 2.91. The van der Waals surface area contributed by atoms with Gasteiger partial charge in [0.25, 0.3) is 0 Å². The topological polar surface area (TPSA) is 35.2 Å². The molecule has 0 aromatic carbocycles. The third-order valence-electron chi connectivity index (χ3n) is 4.45. The van der Waals surface area contributed by atoms with Crippen LogP contribution in [0.4, 0.5) is 0 Å². The van der Waals surface area contributed by atoms with E-state index in [-0.39, 0.29) is 11.6 Å². The van der Waals surface area contributed by atoms with Crippen molar-refractivity contribution in [3.63, 3.8) is 0 Å². The number of rotatable bonds is 5. The van der Waals surface area contributed by atoms with Crippen molar-refractivity contribution in [2.24, 2.45) is 17.6 Å². The average molecular weight is 227 g/mol. The molecule has 0 radical (unpaired) electrons. The number of nitrogens with two attached hydrogens (primary N) is 1. The van der Waals surface area contributed by atoms with Crippen LogP contribution < -0.4 is 5.73 Å². The second-order valence-electron chi connectivity index (χ2n) is 5.64. The van der Waals surface area contributed by atoms with Crippen LogP contribution in [-0.2, 0) is 4.74 Å². The summed E-state index contributed by atoms with van der Waals surface area (Å²) in [6.07, 6.45) is 6.25. The van der Waals surface area contributed by atoms with E-state index in [0.717, 1.165) is 18.9 Å². The molecule has 1 aliphatic rings. The van der Waals surface area contributed by atoms with Crippen LogP contribution in [0.1, 0.15) is 59.8 Å². The predicted molar refractivity (Wildman–Crippen MR) is 69.4 cm³/mol. The normalized spacial score (nSPS) is 32.1. The van der Waals surface area contributed by atoms with Crippen molar-refractivity contribution in [3.05, 3.63) is 0 Å². The Morgan fingerprint density at radius 1 is 1.25 bits per heavy atom. The molecule has 2 unspecified atom stereocenters. The standard InChI is InChI=1S/C14H29NO/c1-5-14(4,16-6-2)13(15)12-9-7-11(3)8-10-12/h11-13H,5-10,15H2,1-4H3. The molecule has 2 nitrogen and oxygen atoms in total. The van der Waals surface area contributed by atoms with Gasteiger partial charge in [0.05, 0.1) is 5.60 Å². The highest BCUT2D eigenvalue weighted by Crippen LogP contribution is 2.35. The van der Waals surface area contributed by atoms with Crippen molar-refractivity contribution in [3.8, 4) is 0 Å². The predicted octanol–water partition coefficient (Wildman–Crippen LogP) is 3.35. The summed E-state index contributed by atoms with van der Waals surface area (Å²) in [6.45, 7) is 9.54. The maximum Gasteiger partial charge on any atom is 0.0804 e. The van der Waals surface area contributed by atoms with Gasteiger partial charge in [0, 0.05) is 12.6 Å². The summed E-state index contributed by atoms with van der Waals surface area (Å²) in [6, 6.07) is 0.199. The molecule has 0 heterocycles. The first-order valence-electron chi connectivity index (χ1n) is 6.93. The van der Waals surface area contributed by atoms with Crippen molar-refractivity contribution >= 4 is 0 Å². The summed E-state index contributed by atoms with van der Waals surface area (Å²) in [7, 11) is 0. The van der Waals surface area contributed by atoms with Crippen LogP contribution in [0.25, 0.3) is 0 Å². The van der Waals surface area contributed by atoms with Crippen LogP contribution in [0.2, 0.25) is 0 Å². The van der Waals surface area contributed by atoms with E-state index in [1.165, 1.54) is 25.7 Å². The van der Waals surface area contributed by atoms with Crippen molar-refractivity contribution in [2.75, 3.05) is 6.61 Å². The lowest BCUT2D eigenvalue weighted by molar-refractivity contribution is -0.0637. The molecular weight excluding hydrogens is 198 g/mol. The SMILES string of the molecule is CCOC(C)(CC)C(N)C1CCC(C)CC1. The number of ether oxygens (including phenoxy) is 1. The lowest BCUT2D eigenvalue weighted by Gasteiger charge is -2.41. The van der Waals surface area contributed by atoms with E-state index in [0.29, 0.717) is 5.92 Å². The molecule has 0 aromatic rings. The quantitative estimate of drug-likeness (QED) is 0.781. The number of hydrogen-bond donors (Lipinski definition) is 1. The van der Waals surface area contributed by atoms with E-state index < -0.39 is 0 Å². The molecular formula is C14H29NO. The molecule has 0 aliphatic heterocycles. The zero-order chi connectivity index (χ0) is 12.2. The van der Waals surface area contributed by atoms with E-state index in [2.05, 4.69) is 27.7 Å².